The molecular formula is C18H24N2O3. The molecule has 1 heterocycles. The van der Waals surface area contributed by atoms with Crippen LogP contribution >= 0.6 is 0 Å². The maximum atomic E-state index is 12.3. The Labute approximate surface area is 136 Å². The Balaban J connectivity index is 2.41. The predicted molar refractivity (Wildman–Crippen MR) is 90.3 cm³/mol. The third-order valence-corrected chi connectivity index (χ3v) is 4.06. The number of aryl methyl sites for hydroxylation is 1. The van der Waals surface area contributed by atoms with E-state index < -0.39 is 17.2 Å². The second-order valence-electron chi connectivity index (χ2n) is 7.00. The van der Waals surface area contributed by atoms with E-state index in [0.29, 0.717) is 0 Å². The Morgan fingerprint density at radius 2 is 1.87 bits per heavy atom. The van der Waals surface area contributed by atoms with Crippen LogP contribution < -0.4 is 0 Å². The van der Waals surface area contributed by atoms with Gasteiger partial charge in [0.05, 0.1) is 0 Å². The number of hydrogen-bond donors (Lipinski definition) is 0. The minimum atomic E-state index is -1.09. The second-order valence-corrected chi connectivity index (χ2v) is 7.00. The molecule has 23 heavy (non-hydrogen) atoms. The quantitative estimate of drug-likeness (QED) is 0.815. The van der Waals surface area contributed by atoms with Crippen molar-refractivity contribution >= 4 is 23.3 Å². The second kappa shape index (κ2) is 5.72. The fraction of sp³-hybridized carbons (Fsp3) is 0.444. The van der Waals surface area contributed by atoms with E-state index in [1.54, 1.807) is 34.7 Å². The molecule has 0 N–H and O–H groups in total. The van der Waals surface area contributed by atoms with Crippen molar-refractivity contribution in [2.24, 2.45) is 7.05 Å². The average molecular weight is 316 g/mol. The summed E-state index contributed by atoms with van der Waals surface area (Å²) >= 11 is 0. The lowest BCUT2D eigenvalue weighted by Gasteiger charge is -2.35. The number of aromatic nitrogens is 1. The maximum absolute atomic E-state index is 12.3. The average Bonchev–Trinajstić information content (AvgIpc) is 2.84. The Bertz CT molecular complexity index is 742. The van der Waals surface area contributed by atoms with Gasteiger partial charge in [0, 0.05) is 25.8 Å². The van der Waals surface area contributed by atoms with Crippen LogP contribution in [0.15, 0.2) is 30.5 Å². The molecule has 1 atom stereocenters. The van der Waals surface area contributed by atoms with E-state index in [2.05, 4.69) is 0 Å². The molecule has 5 nitrogen and oxygen atoms in total. The molecule has 1 amide bonds. The molecule has 124 valence electrons. The van der Waals surface area contributed by atoms with Crippen molar-refractivity contribution in [1.82, 2.24) is 9.47 Å². The smallest absolute Gasteiger partial charge is 0.411 e. The molecule has 0 fully saturated rings. The predicted octanol–water partition coefficient (Wildman–Crippen LogP) is 3.46. The van der Waals surface area contributed by atoms with Crippen molar-refractivity contribution in [3.63, 3.8) is 0 Å². The Morgan fingerprint density at radius 3 is 2.43 bits per heavy atom. The molecule has 1 aromatic carbocycles. The highest BCUT2D eigenvalue weighted by atomic mass is 16.6. The Morgan fingerprint density at radius 1 is 1.22 bits per heavy atom. The summed E-state index contributed by atoms with van der Waals surface area (Å²) in [5.41, 5.74) is 0.117. The lowest BCUT2D eigenvalue weighted by molar-refractivity contribution is -0.117. The summed E-state index contributed by atoms with van der Waals surface area (Å²) in [7, 11) is 3.55. The molecule has 2 rings (SSSR count). The van der Waals surface area contributed by atoms with Crippen molar-refractivity contribution < 1.29 is 14.3 Å². The van der Waals surface area contributed by atoms with E-state index in [0.717, 1.165) is 22.8 Å². The first kappa shape index (κ1) is 17.1. The summed E-state index contributed by atoms with van der Waals surface area (Å²) in [5, 5.41) is 1.02. The molecule has 0 aliphatic heterocycles. The van der Waals surface area contributed by atoms with Crippen molar-refractivity contribution in [2.75, 3.05) is 7.05 Å². The zero-order valence-corrected chi connectivity index (χ0v) is 14.6. The summed E-state index contributed by atoms with van der Waals surface area (Å²) < 4.78 is 7.39. The fourth-order valence-corrected chi connectivity index (χ4v) is 2.46. The number of amides is 1. The number of rotatable bonds is 3. The normalized spacial score (nSPS) is 14.3. The van der Waals surface area contributed by atoms with E-state index in [1.807, 2.05) is 42.1 Å². The topological polar surface area (TPSA) is 51.5 Å². The van der Waals surface area contributed by atoms with Gasteiger partial charge in [0.15, 0.2) is 0 Å². The molecule has 0 aliphatic rings. The van der Waals surface area contributed by atoms with Gasteiger partial charge in [0.25, 0.3) is 0 Å². The number of carbonyl (C=O) groups is 2. The minimum Gasteiger partial charge on any atom is -0.444 e. The van der Waals surface area contributed by atoms with E-state index in [9.17, 15) is 9.59 Å². The van der Waals surface area contributed by atoms with Crippen molar-refractivity contribution in [3.05, 3.63) is 36.0 Å². The van der Waals surface area contributed by atoms with Gasteiger partial charge in [-0.1, -0.05) is 6.07 Å². The molecular weight excluding hydrogens is 292 g/mol. The van der Waals surface area contributed by atoms with Crippen LogP contribution in [0.4, 0.5) is 4.79 Å². The SMILES string of the molecule is CN(C(=O)OC(C)(C)C)C(C)(C=O)c1ccc2c(ccn2C)c1. The minimum absolute atomic E-state index is 0.528. The molecule has 0 bridgehead atoms. The van der Waals surface area contributed by atoms with Gasteiger partial charge < -0.3 is 14.1 Å². The molecule has 0 radical (unpaired) electrons. The van der Waals surface area contributed by atoms with Crippen molar-refractivity contribution in [3.8, 4) is 0 Å². The molecule has 1 unspecified atom stereocenters. The lowest BCUT2D eigenvalue weighted by atomic mass is 9.91. The number of benzene rings is 1. The molecule has 0 aliphatic carbocycles. The number of fused-ring (bicyclic) bond motifs is 1. The van der Waals surface area contributed by atoms with Crippen LogP contribution in [-0.2, 0) is 22.1 Å². The molecule has 0 spiro atoms. The number of hydrogen-bond acceptors (Lipinski definition) is 3. The van der Waals surface area contributed by atoms with Gasteiger partial charge in [-0.25, -0.2) is 4.79 Å². The van der Waals surface area contributed by atoms with Crippen LogP contribution in [0.1, 0.15) is 33.3 Å². The first-order chi connectivity index (χ1) is 10.6. The zero-order chi connectivity index (χ0) is 17.4. The van der Waals surface area contributed by atoms with Crippen LogP contribution in [0.5, 0.6) is 0 Å². The summed E-state index contributed by atoms with van der Waals surface area (Å²) in [4.78, 5) is 25.5. The van der Waals surface area contributed by atoms with Gasteiger partial charge in [-0.3, -0.25) is 4.90 Å². The summed E-state index contributed by atoms with van der Waals surface area (Å²) in [5.74, 6) is 0. The zero-order valence-electron chi connectivity index (χ0n) is 14.6. The van der Waals surface area contributed by atoms with Gasteiger partial charge in [0.1, 0.15) is 17.4 Å². The fourth-order valence-electron chi connectivity index (χ4n) is 2.46. The molecule has 2 aromatic rings. The van der Waals surface area contributed by atoms with Crippen LogP contribution in [0.2, 0.25) is 0 Å². The van der Waals surface area contributed by atoms with Crippen LogP contribution in [-0.4, -0.2) is 34.5 Å². The first-order valence-electron chi connectivity index (χ1n) is 7.57. The molecule has 5 heteroatoms. The van der Waals surface area contributed by atoms with Gasteiger partial charge in [-0.15, -0.1) is 0 Å². The first-order valence-corrected chi connectivity index (χ1v) is 7.57. The number of aldehydes is 1. The van der Waals surface area contributed by atoms with E-state index in [4.69, 9.17) is 4.74 Å². The molecule has 0 saturated carbocycles. The number of ether oxygens (including phenoxy) is 1. The standard InChI is InChI=1S/C18H24N2O3/c1-17(2,3)23-16(22)20(6)18(4,12-21)14-7-8-15-13(11-14)9-10-19(15)5/h7-12H,1-6H3. The highest BCUT2D eigenvalue weighted by molar-refractivity contribution is 5.84. The summed E-state index contributed by atoms with van der Waals surface area (Å²) in [6.45, 7) is 7.11. The van der Waals surface area contributed by atoms with Crippen LogP contribution in [0, 0.1) is 0 Å². The third-order valence-electron chi connectivity index (χ3n) is 4.06. The molecule has 1 aromatic heterocycles. The van der Waals surface area contributed by atoms with E-state index in [-0.39, 0.29) is 0 Å². The number of carbonyl (C=O) groups excluding carboxylic acids is 2. The van der Waals surface area contributed by atoms with Crippen LogP contribution in [0.25, 0.3) is 10.9 Å². The van der Waals surface area contributed by atoms with Crippen molar-refractivity contribution in [2.45, 2.75) is 38.8 Å². The maximum Gasteiger partial charge on any atom is 0.411 e. The van der Waals surface area contributed by atoms with Gasteiger partial charge in [-0.05, 0) is 56.8 Å². The van der Waals surface area contributed by atoms with Gasteiger partial charge in [-0.2, -0.15) is 0 Å². The Kier molecular flexibility index (Phi) is 4.24. The van der Waals surface area contributed by atoms with Gasteiger partial charge in [0.2, 0.25) is 0 Å². The number of likely N-dealkylation sites (N-methyl/N-ethyl adjacent to an activating group) is 1. The molecule has 0 saturated heterocycles. The van der Waals surface area contributed by atoms with Gasteiger partial charge >= 0.3 is 6.09 Å². The van der Waals surface area contributed by atoms with E-state index in [1.165, 1.54) is 4.90 Å². The Hall–Kier alpha value is -2.30. The number of nitrogens with zero attached hydrogens (tertiary/aromatic N) is 2. The highest BCUT2D eigenvalue weighted by Crippen LogP contribution is 2.29. The van der Waals surface area contributed by atoms with Crippen LogP contribution in [0.3, 0.4) is 0 Å². The third kappa shape index (κ3) is 3.23. The van der Waals surface area contributed by atoms with E-state index >= 15 is 0 Å². The highest BCUT2D eigenvalue weighted by Gasteiger charge is 2.37. The largest absolute Gasteiger partial charge is 0.444 e. The summed E-state index contributed by atoms with van der Waals surface area (Å²) in [6, 6.07) is 7.75. The van der Waals surface area contributed by atoms with Crippen molar-refractivity contribution in [1.29, 1.82) is 0 Å². The lowest BCUT2D eigenvalue weighted by Crippen LogP contribution is -2.48. The monoisotopic (exact) mass is 316 g/mol. The summed E-state index contributed by atoms with van der Waals surface area (Å²) in [6.07, 6.45) is 2.21.